The van der Waals surface area contributed by atoms with Gasteiger partial charge in [0.15, 0.2) is 11.5 Å². The normalized spacial score (nSPS) is 10.8. The topological polar surface area (TPSA) is 114 Å². The van der Waals surface area contributed by atoms with Crippen LogP contribution >= 0.6 is 23.2 Å². The van der Waals surface area contributed by atoms with Gasteiger partial charge >= 0.3 is 0 Å². The van der Waals surface area contributed by atoms with Crippen molar-refractivity contribution in [3.63, 3.8) is 0 Å². The molecule has 0 fully saturated rings. The fourth-order valence-corrected chi connectivity index (χ4v) is 3.42. The van der Waals surface area contributed by atoms with Crippen molar-refractivity contribution in [3.05, 3.63) is 97.5 Å². The van der Waals surface area contributed by atoms with Crippen LogP contribution in [0.15, 0.2) is 66.2 Å². The number of nitro benzene ring substituents is 1. The number of ether oxygens (including phenoxy) is 2. The number of nitrogens with one attached hydrogen (secondary N) is 1. The Morgan fingerprint density at radius 3 is 2.62 bits per heavy atom. The average Bonchev–Trinajstić information content (AvgIpc) is 2.81. The molecule has 3 aromatic carbocycles. The van der Waals surface area contributed by atoms with Gasteiger partial charge in [-0.3, -0.25) is 14.9 Å². The lowest BCUT2D eigenvalue weighted by atomic mass is 10.1. The van der Waals surface area contributed by atoms with E-state index in [1.165, 1.54) is 31.4 Å². The molecule has 172 valence electrons. The molecular weight excluding hydrogens is 481 g/mol. The second kappa shape index (κ2) is 11.2. The van der Waals surface area contributed by atoms with E-state index in [4.69, 9.17) is 32.7 Å². The molecule has 0 bridgehead atoms. The monoisotopic (exact) mass is 497 g/mol. The van der Waals surface area contributed by atoms with Crippen molar-refractivity contribution in [2.75, 3.05) is 12.4 Å². The Balaban J connectivity index is 1.82. The van der Waals surface area contributed by atoms with Crippen LogP contribution in [0.4, 0.5) is 11.4 Å². The summed E-state index contributed by atoms with van der Waals surface area (Å²) in [6.07, 6.45) is 1.36. The summed E-state index contributed by atoms with van der Waals surface area (Å²) in [4.78, 5) is 23.0. The zero-order valence-electron chi connectivity index (χ0n) is 17.7. The number of methoxy groups -OCH3 is 1. The predicted molar refractivity (Wildman–Crippen MR) is 129 cm³/mol. The summed E-state index contributed by atoms with van der Waals surface area (Å²) in [5, 5.41) is 23.6. The highest BCUT2D eigenvalue weighted by molar-refractivity contribution is 6.32. The van der Waals surface area contributed by atoms with Crippen molar-refractivity contribution in [2.24, 2.45) is 0 Å². The summed E-state index contributed by atoms with van der Waals surface area (Å²) in [5.41, 5.74) is 1.23. The molecule has 0 aromatic heterocycles. The lowest BCUT2D eigenvalue weighted by Crippen LogP contribution is -2.13. The van der Waals surface area contributed by atoms with Crippen molar-refractivity contribution in [2.45, 2.75) is 6.61 Å². The van der Waals surface area contributed by atoms with Gasteiger partial charge in [0.05, 0.1) is 17.1 Å². The number of halogens is 2. The van der Waals surface area contributed by atoms with E-state index < -0.39 is 10.8 Å². The summed E-state index contributed by atoms with van der Waals surface area (Å²) in [7, 11) is 1.41. The van der Waals surface area contributed by atoms with Gasteiger partial charge in [-0.2, -0.15) is 5.26 Å². The molecule has 0 spiro atoms. The fourth-order valence-electron chi connectivity index (χ4n) is 2.96. The van der Waals surface area contributed by atoms with Gasteiger partial charge < -0.3 is 14.8 Å². The van der Waals surface area contributed by atoms with Gasteiger partial charge in [0.25, 0.3) is 11.6 Å². The minimum Gasteiger partial charge on any atom is -0.493 e. The maximum absolute atomic E-state index is 12.5. The van der Waals surface area contributed by atoms with Crippen molar-refractivity contribution in [1.82, 2.24) is 0 Å². The summed E-state index contributed by atoms with van der Waals surface area (Å²) >= 11 is 12.3. The summed E-state index contributed by atoms with van der Waals surface area (Å²) in [6, 6.07) is 17.5. The fraction of sp³-hybridized carbons (Fsp3) is 0.0833. The number of hydrogen-bond donors (Lipinski definition) is 1. The molecule has 34 heavy (non-hydrogen) atoms. The summed E-state index contributed by atoms with van der Waals surface area (Å²) in [5.74, 6) is -0.141. The van der Waals surface area contributed by atoms with E-state index in [9.17, 15) is 20.2 Å². The first-order valence-corrected chi connectivity index (χ1v) is 10.5. The Bertz CT molecular complexity index is 1320. The summed E-state index contributed by atoms with van der Waals surface area (Å²) < 4.78 is 11.1. The van der Waals surface area contributed by atoms with Crippen LogP contribution in [0.5, 0.6) is 11.5 Å². The molecule has 8 nitrogen and oxygen atoms in total. The molecule has 0 atom stereocenters. The number of non-ortho nitro benzene ring substituents is 1. The number of benzene rings is 3. The number of nitrogens with zero attached hydrogens (tertiary/aromatic N) is 2. The highest BCUT2D eigenvalue weighted by Gasteiger charge is 2.15. The van der Waals surface area contributed by atoms with Gasteiger partial charge in [-0.25, -0.2) is 0 Å². The van der Waals surface area contributed by atoms with E-state index in [0.717, 1.165) is 0 Å². The number of nitro groups is 1. The van der Waals surface area contributed by atoms with Gasteiger partial charge in [0.2, 0.25) is 0 Å². The largest absolute Gasteiger partial charge is 0.493 e. The van der Waals surface area contributed by atoms with E-state index in [2.05, 4.69) is 5.32 Å². The SMILES string of the molecule is COc1cc(/C=C(\C#N)C(=O)Nc2cccc(Cl)c2)cc(Cl)c1OCc1cccc([N+](=O)[O-])c1. The van der Waals surface area contributed by atoms with Crippen LogP contribution < -0.4 is 14.8 Å². The zero-order valence-corrected chi connectivity index (χ0v) is 19.3. The number of hydrogen-bond acceptors (Lipinski definition) is 6. The van der Waals surface area contributed by atoms with Crippen LogP contribution in [0.2, 0.25) is 10.0 Å². The van der Waals surface area contributed by atoms with Gasteiger partial charge in [-0.05, 0) is 47.5 Å². The second-order valence-corrected chi connectivity index (χ2v) is 7.73. The lowest BCUT2D eigenvalue weighted by Gasteiger charge is -2.13. The van der Waals surface area contributed by atoms with E-state index in [0.29, 0.717) is 21.8 Å². The molecule has 0 saturated heterocycles. The molecule has 0 unspecified atom stereocenters. The van der Waals surface area contributed by atoms with Crippen molar-refractivity contribution >= 4 is 46.6 Å². The molecule has 0 aliphatic rings. The molecule has 3 rings (SSSR count). The molecule has 0 aliphatic heterocycles. The maximum Gasteiger partial charge on any atom is 0.269 e. The first-order chi connectivity index (χ1) is 16.3. The molecule has 0 aliphatic carbocycles. The van der Waals surface area contributed by atoms with E-state index in [-0.39, 0.29) is 34.4 Å². The zero-order chi connectivity index (χ0) is 24.7. The number of nitriles is 1. The highest BCUT2D eigenvalue weighted by atomic mass is 35.5. The van der Waals surface area contributed by atoms with Crippen molar-refractivity contribution in [1.29, 1.82) is 5.26 Å². The molecule has 1 N–H and O–H groups in total. The van der Waals surface area contributed by atoms with Gasteiger partial charge in [-0.15, -0.1) is 0 Å². The number of carbonyl (C=O) groups excluding carboxylic acids is 1. The van der Waals surface area contributed by atoms with E-state index >= 15 is 0 Å². The highest BCUT2D eigenvalue weighted by Crippen LogP contribution is 2.37. The average molecular weight is 498 g/mol. The Hall–Kier alpha value is -4.06. The van der Waals surface area contributed by atoms with Gasteiger partial charge in [-0.1, -0.05) is 41.4 Å². The third-order valence-electron chi connectivity index (χ3n) is 4.51. The molecule has 10 heteroatoms. The van der Waals surface area contributed by atoms with Crippen molar-refractivity contribution in [3.8, 4) is 17.6 Å². The maximum atomic E-state index is 12.5. The minimum atomic E-state index is -0.620. The smallest absolute Gasteiger partial charge is 0.269 e. The van der Waals surface area contributed by atoms with Gasteiger partial charge in [0.1, 0.15) is 18.2 Å². The number of rotatable bonds is 8. The third kappa shape index (κ3) is 6.25. The molecular formula is C24H17Cl2N3O5. The third-order valence-corrected chi connectivity index (χ3v) is 5.03. The molecule has 0 radical (unpaired) electrons. The van der Waals surface area contributed by atoms with Crippen LogP contribution in [0, 0.1) is 21.4 Å². The Labute approximate surface area is 205 Å². The Morgan fingerprint density at radius 1 is 1.18 bits per heavy atom. The second-order valence-electron chi connectivity index (χ2n) is 6.88. The Morgan fingerprint density at radius 2 is 1.94 bits per heavy atom. The van der Waals surface area contributed by atoms with Crippen LogP contribution in [0.3, 0.4) is 0 Å². The van der Waals surface area contributed by atoms with Crippen LogP contribution in [0.25, 0.3) is 6.08 Å². The molecule has 3 aromatic rings. The lowest BCUT2D eigenvalue weighted by molar-refractivity contribution is -0.384. The van der Waals surface area contributed by atoms with Gasteiger partial charge in [0, 0.05) is 22.8 Å². The number of carbonyl (C=O) groups is 1. The predicted octanol–water partition coefficient (Wildman–Crippen LogP) is 6.03. The van der Waals surface area contributed by atoms with Crippen molar-refractivity contribution < 1.29 is 19.2 Å². The van der Waals surface area contributed by atoms with Crippen LogP contribution in [-0.2, 0) is 11.4 Å². The van der Waals surface area contributed by atoms with E-state index in [1.54, 1.807) is 42.5 Å². The molecule has 1 amide bonds. The summed E-state index contributed by atoms with van der Waals surface area (Å²) in [6.45, 7) is 0.0123. The standard InChI is InChI=1S/C24H17Cl2N3O5/c1-33-22-11-16(8-17(13-27)24(30)28-19-6-3-5-18(25)12-19)10-21(26)23(22)34-14-15-4-2-7-20(9-15)29(31)32/h2-12H,14H2,1H3,(H,28,30)/b17-8+. The van der Waals surface area contributed by atoms with Crippen LogP contribution in [0.1, 0.15) is 11.1 Å². The quantitative estimate of drug-likeness (QED) is 0.175. The minimum absolute atomic E-state index is 0.0123. The van der Waals surface area contributed by atoms with E-state index in [1.807, 2.05) is 6.07 Å². The first kappa shape index (κ1) is 24.6. The molecule has 0 saturated carbocycles. The first-order valence-electron chi connectivity index (χ1n) is 9.73. The number of anilines is 1. The molecule has 0 heterocycles. The van der Waals surface area contributed by atoms with Crippen LogP contribution in [-0.4, -0.2) is 17.9 Å². The number of amides is 1. The Kier molecular flexibility index (Phi) is 8.09.